The minimum Gasteiger partial charge on any atom is -0.609 e. The third kappa shape index (κ3) is 4.40. The largest absolute Gasteiger partial charge is 0.609 e. The lowest BCUT2D eigenvalue weighted by Crippen LogP contribution is -2.47. The Kier molecular flexibility index (Phi) is 5.92. The lowest BCUT2D eigenvalue weighted by atomic mass is 9.81. The molecule has 1 fully saturated rings. The normalized spacial score (nSPS) is 16.6. The van der Waals surface area contributed by atoms with Gasteiger partial charge in [-0.15, -0.1) is 0 Å². The molecule has 0 bridgehead atoms. The van der Waals surface area contributed by atoms with Crippen LogP contribution in [-0.2, 0) is 16.7 Å². The molecule has 4 rings (SSSR count). The summed E-state index contributed by atoms with van der Waals surface area (Å²) in [5.41, 5.74) is 1.32. The summed E-state index contributed by atoms with van der Waals surface area (Å²) >= 11 is -1.38. The second-order valence-electron chi connectivity index (χ2n) is 7.57. The fourth-order valence-corrected chi connectivity index (χ4v) is 4.44. The first-order valence-electron chi connectivity index (χ1n) is 9.92. The number of imidazole rings is 1. The van der Waals surface area contributed by atoms with Crippen molar-refractivity contribution in [3.05, 3.63) is 48.2 Å². The fraction of sp³-hybridized carbons (Fsp3) is 0.333. The molecule has 162 valence electrons. The molecule has 1 aromatic carbocycles. The smallest absolute Gasteiger partial charge is 0.405 e. The zero-order chi connectivity index (χ0) is 22.0. The minimum absolute atomic E-state index is 0.176. The van der Waals surface area contributed by atoms with Crippen LogP contribution in [0.25, 0.3) is 22.6 Å². The molecule has 2 heterocycles. The molecule has 1 amide bonds. The van der Waals surface area contributed by atoms with Gasteiger partial charge in [0.2, 0.25) is 0 Å². The first kappa shape index (κ1) is 21.3. The summed E-state index contributed by atoms with van der Waals surface area (Å²) in [6.07, 6.45) is 5.88. The summed E-state index contributed by atoms with van der Waals surface area (Å²) in [6, 6.07) is 7.56. The Labute approximate surface area is 181 Å². The van der Waals surface area contributed by atoms with Crippen molar-refractivity contribution in [3.8, 4) is 22.6 Å². The van der Waals surface area contributed by atoms with Crippen LogP contribution in [0.4, 0.5) is 9.18 Å². The molecule has 3 N–H and O–H groups in total. The maximum Gasteiger partial charge on any atom is 0.405 e. The molecule has 2 aromatic heterocycles. The van der Waals surface area contributed by atoms with Crippen molar-refractivity contribution in [2.75, 3.05) is 6.26 Å². The van der Waals surface area contributed by atoms with Crippen molar-refractivity contribution < 1.29 is 18.8 Å². The Balaban J connectivity index is 1.89. The van der Waals surface area contributed by atoms with Crippen LogP contribution in [0.3, 0.4) is 0 Å². The van der Waals surface area contributed by atoms with Crippen LogP contribution in [0.2, 0.25) is 0 Å². The highest BCUT2D eigenvalue weighted by atomic mass is 32.2. The zero-order valence-electron chi connectivity index (χ0n) is 16.9. The minimum atomic E-state index is -1.38. The zero-order valence-corrected chi connectivity index (χ0v) is 17.7. The van der Waals surface area contributed by atoms with E-state index in [9.17, 15) is 18.8 Å². The second-order valence-corrected chi connectivity index (χ2v) is 8.84. The topological polar surface area (TPSA) is 127 Å². The van der Waals surface area contributed by atoms with Gasteiger partial charge in [-0.3, -0.25) is 0 Å². The molecule has 1 aliphatic rings. The van der Waals surface area contributed by atoms with Gasteiger partial charge in [-0.2, -0.15) is 9.97 Å². The average Bonchev–Trinajstić information content (AvgIpc) is 3.21. The number of amides is 1. The van der Waals surface area contributed by atoms with Gasteiger partial charge in [0.15, 0.2) is 0 Å². The van der Waals surface area contributed by atoms with Gasteiger partial charge in [0, 0.05) is 22.9 Å². The van der Waals surface area contributed by atoms with E-state index in [0.717, 1.165) is 19.3 Å². The van der Waals surface area contributed by atoms with E-state index in [1.165, 1.54) is 24.6 Å². The van der Waals surface area contributed by atoms with Crippen LogP contribution in [0.5, 0.6) is 0 Å². The Bertz CT molecular complexity index is 1080. The van der Waals surface area contributed by atoms with Gasteiger partial charge in [-0.05, 0) is 43.2 Å². The molecule has 0 spiro atoms. The SMILES string of the molecule is C[S+]([O-])c1nccc(-c2[nH]c(C3(NC(=O)O)CCCCC3)nc2-c2ccc(F)cc2)n1. The lowest BCUT2D eigenvalue weighted by molar-refractivity contribution is 0.158. The number of nitrogens with zero attached hydrogens (tertiary/aromatic N) is 3. The molecule has 31 heavy (non-hydrogen) atoms. The Hall–Kier alpha value is -2.98. The quantitative estimate of drug-likeness (QED) is 0.406. The predicted octanol–water partition coefficient (Wildman–Crippen LogP) is 3.84. The number of hydrogen-bond donors (Lipinski definition) is 3. The van der Waals surface area contributed by atoms with Gasteiger partial charge in [-0.25, -0.2) is 14.2 Å². The Morgan fingerprint density at radius 1 is 1.19 bits per heavy atom. The first-order valence-corrected chi connectivity index (χ1v) is 11.5. The molecular formula is C21H22FN5O3S. The van der Waals surface area contributed by atoms with Gasteiger partial charge < -0.3 is 20.0 Å². The van der Waals surface area contributed by atoms with Gasteiger partial charge in [0.1, 0.15) is 23.4 Å². The summed E-state index contributed by atoms with van der Waals surface area (Å²) in [6.45, 7) is 0. The van der Waals surface area contributed by atoms with Crippen molar-refractivity contribution in [2.24, 2.45) is 0 Å². The highest BCUT2D eigenvalue weighted by molar-refractivity contribution is 7.90. The van der Waals surface area contributed by atoms with E-state index in [2.05, 4.69) is 20.3 Å². The maximum atomic E-state index is 13.5. The highest BCUT2D eigenvalue weighted by Crippen LogP contribution is 2.39. The van der Waals surface area contributed by atoms with Crippen LogP contribution >= 0.6 is 0 Å². The monoisotopic (exact) mass is 443 g/mol. The molecule has 1 atom stereocenters. The summed E-state index contributed by atoms with van der Waals surface area (Å²) < 4.78 is 25.4. The van der Waals surface area contributed by atoms with E-state index >= 15 is 0 Å². The Morgan fingerprint density at radius 2 is 1.90 bits per heavy atom. The fourth-order valence-electron chi connectivity index (χ4n) is 4.00. The molecular weight excluding hydrogens is 421 g/mol. The van der Waals surface area contributed by atoms with E-state index in [1.807, 2.05) is 0 Å². The molecule has 1 saturated carbocycles. The second kappa shape index (κ2) is 8.64. The van der Waals surface area contributed by atoms with E-state index in [-0.39, 0.29) is 11.0 Å². The standard InChI is InChI=1S/C21H22FN5O3S/c1-31(30)19-23-12-9-15(24-19)17-16(13-5-7-14(22)8-6-13)25-18(26-17)21(27-20(28)29)10-3-2-4-11-21/h5-9,12,27H,2-4,10-11H2,1H3,(H,25,26)(H,28,29). The van der Waals surface area contributed by atoms with Crippen molar-refractivity contribution in [1.29, 1.82) is 0 Å². The third-order valence-corrected chi connectivity index (χ3v) is 6.19. The van der Waals surface area contributed by atoms with Crippen molar-refractivity contribution >= 4 is 17.3 Å². The number of benzene rings is 1. The summed E-state index contributed by atoms with van der Waals surface area (Å²) in [4.78, 5) is 28.1. The number of hydrogen-bond acceptors (Lipinski definition) is 5. The number of carboxylic acid groups (broad SMARTS) is 1. The number of aromatic amines is 1. The summed E-state index contributed by atoms with van der Waals surface area (Å²) in [5, 5.41) is 12.3. The number of carbonyl (C=O) groups is 1. The van der Waals surface area contributed by atoms with Crippen molar-refractivity contribution in [3.63, 3.8) is 0 Å². The first-order chi connectivity index (χ1) is 14.9. The van der Waals surface area contributed by atoms with Crippen LogP contribution in [0.1, 0.15) is 37.9 Å². The van der Waals surface area contributed by atoms with Gasteiger partial charge >= 0.3 is 11.2 Å². The van der Waals surface area contributed by atoms with Gasteiger partial charge in [0.25, 0.3) is 0 Å². The van der Waals surface area contributed by atoms with E-state index in [1.54, 1.807) is 18.2 Å². The van der Waals surface area contributed by atoms with Crippen molar-refractivity contribution in [2.45, 2.75) is 42.8 Å². The molecule has 8 nitrogen and oxygen atoms in total. The van der Waals surface area contributed by atoms with Crippen molar-refractivity contribution in [1.82, 2.24) is 25.3 Å². The Morgan fingerprint density at radius 3 is 2.55 bits per heavy atom. The molecule has 3 aromatic rings. The highest BCUT2D eigenvalue weighted by Gasteiger charge is 2.39. The van der Waals surface area contributed by atoms with Gasteiger partial charge in [0.05, 0.1) is 17.1 Å². The lowest BCUT2D eigenvalue weighted by Gasteiger charge is -2.35. The molecule has 10 heteroatoms. The molecule has 0 radical (unpaired) electrons. The maximum absolute atomic E-state index is 13.5. The van der Waals surface area contributed by atoms with Crippen LogP contribution in [-0.4, -0.2) is 41.9 Å². The molecule has 0 aliphatic heterocycles. The number of nitrogens with one attached hydrogen (secondary N) is 2. The average molecular weight is 444 g/mol. The van der Waals surface area contributed by atoms with Crippen LogP contribution in [0, 0.1) is 5.82 Å². The third-order valence-electron chi connectivity index (χ3n) is 5.47. The number of rotatable bonds is 5. The van der Waals surface area contributed by atoms with Crippen LogP contribution in [0.15, 0.2) is 41.7 Å². The summed E-state index contributed by atoms with van der Waals surface area (Å²) in [7, 11) is 0. The van der Waals surface area contributed by atoms with Crippen LogP contribution < -0.4 is 5.32 Å². The van der Waals surface area contributed by atoms with Gasteiger partial charge in [-0.1, -0.05) is 19.3 Å². The molecule has 0 saturated heterocycles. The van der Waals surface area contributed by atoms with E-state index in [4.69, 9.17) is 4.98 Å². The van der Waals surface area contributed by atoms with E-state index < -0.39 is 22.8 Å². The molecule has 1 aliphatic carbocycles. The molecule has 1 unspecified atom stereocenters. The predicted molar refractivity (Wildman–Crippen MR) is 113 cm³/mol. The number of halogens is 1. The number of aromatic nitrogens is 4. The summed E-state index contributed by atoms with van der Waals surface area (Å²) in [5.74, 6) is 0.116. The van der Waals surface area contributed by atoms with E-state index in [0.29, 0.717) is 41.3 Å². The number of H-pyrrole nitrogens is 1.